The van der Waals surface area contributed by atoms with Crippen LogP contribution in [-0.4, -0.2) is 46.3 Å². The van der Waals surface area contributed by atoms with Crippen LogP contribution in [0.15, 0.2) is 30.3 Å². The number of likely N-dealkylation sites (tertiary alicyclic amines) is 1. The number of benzene rings is 1. The molecule has 0 bridgehead atoms. The summed E-state index contributed by atoms with van der Waals surface area (Å²) in [6.45, 7) is 5.19. The number of rotatable bonds is 4. The first-order valence-corrected chi connectivity index (χ1v) is 9.15. The smallest absolute Gasteiger partial charge is 0.356 e. The van der Waals surface area contributed by atoms with E-state index in [0.29, 0.717) is 36.0 Å². The zero-order valence-electron chi connectivity index (χ0n) is 14.9. The average Bonchev–Trinajstić information content (AvgIpc) is 3.03. The number of halogens is 1. The molecule has 0 saturated carbocycles. The molecule has 2 aromatic rings. The quantitative estimate of drug-likeness (QED) is 0.767. The van der Waals surface area contributed by atoms with Crippen molar-refractivity contribution in [2.75, 3.05) is 19.7 Å². The van der Waals surface area contributed by atoms with Crippen LogP contribution in [0, 0.1) is 6.92 Å². The zero-order chi connectivity index (χ0) is 18.7. The zero-order valence-corrected chi connectivity index (χ0v) is 15.7. The highest BCUT2D eigenvalue weighted by atomic mass is 35.5. The van der Waals surface area contributed by atoms with Crippen LogP contribution in [0.2, 0.25) is 5.02 Å². The van der Waals surface area contributed by atoms with Crippen LogP contribution in [0.3, 0.4) is 0 Å². The van der Waals surface area contributed by atoms with Gasteiger partial charge in [-0.3, -0.25) is 9.48 Å². The Balaban J connectivity index is 1.69. The van der Waals surface area contributed by atoms with Crippen LogP contribution in [0.25, 0.3) is 0 Å². The molecule has 0 spiro atoms. The second kappa shape index (κ2) is 7.91. The van der Waals surface area contributed by atoms with Crippen molar-refractivity contribution >= 4 is 23.5 Å². The molecule has 2 heterocycles. The van der Waals surface area contributed by atoms with E-state index in [2.05, 4.69) is 5.10 Å². The van der Waals surface area contributed by atoms with E-state index in [9.17, 15) is 9.59 Å². The minimum absolute atomic E-state index is 0.0202. The highest BCUT2D eigenvalue weighted by molar-refractivity contribution is 6.30. The van der Waals surface area contributed by atoms with Crippen LogP contribution >= 0.6 is 11.6 Å². The van der Waals surface area contributed by atoms with E-state index >= 15 is 0 Å². The van der Waals surface area contributed by atoms with Gasteiger partial charge in [0, 0.05) is 23.7 Å². The van der Waals surface area contributed by atoms with Crippen molar-refractivity contribution < 1.29 is 14.3 Å². The van der Waals surface area contributed by atoms with Gasteiger partial charge in [0.2, 0.25) is 0 Å². The minimum atomic E-state index is -0.356. The SMILES string of the molecule is CCOC(=O)c1cc(C)nn1C1CCN(C(=O)c2cccc(Cl)c2)CC1. The summed E-state index contributed by atoms with van der Waals surface area (Å²) >= 11 is 5.98. The standard InChI is InChI=1S/C19H22ClN3O3/c1-3-26-19(25)17-11-13(2)21-23(17)16-7-9-22(10-8-16)18(24)14-5-4-6-15(20)12-14/h4-6,11-12,16H,3,7-10H2,1-2H3. The van der Waals surface area contributed by atoms with Crippen molar-refractivity contribution in [3.8, 4) is 0 Å². The lowest BCUT2D eigenvalue weighted by atomic mass is 10.0. The molecule has 26 heavy (non-hydrogen) atoms. The lowest BCUT2D eigenvalue weighted by molar-refractivity contribution is 0.0498. The average molecular weight is 376 g/mol. The highest BCUT2D eigenvalue weighted by Crippen LogP contribution is 2.26. The molecule has 0 aliphatic carbocycles. The van der Waals surface area contributed by atoms with E-state index < -0.39 is 0 Å². The monoisotopic (exact) mass is 375 g/mol. The molecule has 1 aliphatic rings. The van der Waals surface area contributed by atoms with E-state index in [4.69, 9.17) is 16.3 Å². The van der Waals surface area contributed by atoms with Gasteiger partial charge in [-0.15, -0.1) is 0 Å². The van der Waals surface area contributed by atoms with Gasteiger partial charge in [-0.2, -0.15) is 5.10 Å². The predicted molar refractivity (Wildman–Crippen MR) is 98.5 cm³/mol. The molecule has 1 aliphatic heterocycles. The van der Waals surface area contributed by atoms with E-state index in [1.54, 1.807) is 41.9 Å². The summed E-state index contributed by atoms with van der Waals surface area (Å²) in [5.74, 6) is -0.376. The first kappa shape index (κ1) is 18.5. The van der Waals surface area contributed by atoms with Crippen LogP contribution < -0.4 is 0 Å². The van der Waals surface area contributed by atoms with Gasteiger partial charge in [0.25, 0.3) is 5.91 Å². The van der Waals surface area contributed by atoms with Gasteiger partial charge in [-0.05, 0) is 51.0 Å². The van der Waals surface area contributed by atoms with Gasteiger partial charge in [-0.1, -0.05) is 17.7 Å². The van der Waals surface area contributed by atoms with Crippen molar-refractivity contribution in [3.63, 3.8) is 0 Å². The fourth-order valence-corrected chi connectivity index (χ4v) is 3.46. The molecule has 1 amide bonds. The van der Waals surface area contributed by atoms with Crippen LogP contribution in [0.1, 0.15) is 52.3 Å². The Morgan fingerprint density at radius 3 is 2.65 bits per heavy atom. The molecule has 3 rings (SSSR count). The number of esters is 1. The first-order chi connectivity index (χ1) is 12.5. The van der Waals surface area contributed by atoms with Crippen molar-refractivity contribution in [3.05, 3.63) is 52.3 Å². The normalized spacial score (nSPS) is 15.1. The van der Waals surface area contributed by atoms with E-state index in [0.717, 1.165) is 18.5 Å². The summed E-state index contributed by atoms with van der Waals surface area (Å²) in [7, 11) is 0. The minimum Gasteiger partial charge on any atom is -0.461 e. The molecule has 1 aromatic heterocycles. The molecular weight excluding hydrogens is 354 g/mol. The molecule has 0 unspecified atom stereocenters. The molecular formula is C19H22ClN3O3. The number of carbonyl (C=O) groups excluding carboxylic acids is 2. The lowest BCUT2D eigenvalue weighted by Crippen LogP contribution is -2.39. The summed E-state index contributed by atoms with van der Waals surface area (Å²) in [5.41, 5.74) is 1.85. The molecule has 6 nitrogen and oxygen atoms in total. The number of aromatic nitrogens is 2. The van der Waals surface area contributed by atoms with Crippen LogP contribution in [-0.2, 0) is 4.74 Å². The van der Waals surface area contributed by atoms with Gasteiger partial charge in [0.1, 0.15) is 5.69 Å². The predicted octanol–water partition coefficient (Wildman–Crippen LogP) is 3.50. The Hall–Kier alpha value is -2.34. The Bertz CT molecular complexity index is 810. The van der Waals surface area contributed by atoms with Gasteiger partial charge in [-0.25, -0.2) is 4.79 Å². The summed E-state index contributed by atoms with van der Waals surface area (Å²) in [5, 5.41) is 5.02. The Morgan fingerprint density at radius 1 is 1.27 bits per heavy atom. The van der Waals surface area contributed by atoms with Gasteiger partial charge in [0.15, 0.2) is 0 Å². The summed E-state index contributed by atoms with van der Waals surface area (Å²) in [4.78, 5) is 26.6. The van der Waals surface area contributed by atoms with Crippen LogP contribution in [0.5, 0.6) is 0 Å². The molecule has 0 atom stereocenters. The Kier molecular flexibility index (Phi) is 5.61. The van der Waals surface area contributed by atoms with Crippen molar-refractivity contribution in [1.82, 2.24) is 14.7 Å². The van der Waals surface area contributed by atoms with Gasteiger partial charge in [0.05, 0.1) is 18.3 Å². The van der Waals surface area contributed by atoms with E-state index in [-0.39, 0.29) is 17.9 Å². The lowest BCUT2D eigenvalue weighted by Gasteiger charge is -2.32. The Morgan fingerprint density at radius 2 is 2.00 bits per heavy atom. The number of amides is 1. The number of ether oxygens (including phenoxy) is 1. The first-order valence-electron chi connectivity index (χ1n) is 8.77. The van der Waals surface area contributed by atoms with Crippen molar-refractivity contribution in [2.24, 2.45) is 0 Å². The highest BCUT2D eigenvalue weighted by Gasteiger charge is 2.28. The van der Waals surface area contributed by atoms with Gasteiger partial charge < -0.3 is 9.64 Å². The number of piperidine rings is 1. The second-order valence-corrected chi connectivity index (χ2v) is 6.81. The molecule has 1 aromatic carbocycles. The van der Waals surface area contributed by atoms with Crippen LogP contribution in [0.4, 0.5) is 0 Å². The third-order valence-corrected chi connectivity index (χ3v) is 4.75. The number of hydrogen-bond donors (Lipinski definition) is 0. The summed E-state index contributed by atoms with van der Waals surface area (Å²) in [6, 6.07) is 8.82. The largest absolute Gasteiger partial charge is 0.461 e. The van der Waals surface area contributed by atoms with Crippen molar-refractivity contribution in [1.29, 1.82) is 0 Å². The van der Waals surface area contributed by atoms with E-state index in [1.807, 2.05) is 11.8 Å². The molecule has 0 N–H and O–H groups in total. The summed E-state index contributed by atoms with van der Waals surface area (Å²) < 4.78 is 6.88. The molecule has 138 valence electrons. The molecule has 1 fully saturated rings. The van der Waals surface area contributed by atoms with Gasteiger partial charge >= 0.3 is 5.97 Å². The number of carbonyl (C=O) groups is 2. The molecule has 7 heteroatoms. The number of nitrogens with zero attached hydrogens (tertiary/aromatic N) is 3. The molecule has 1 saturated heterocycles. The second-order valence-electron chi connectivity index (χ2n) is 6.37. The summed E-state index contributed by atoms with van der Waals surface area (Å²) in [6.07, 6.45) is 1.47. The fraction of sp³-hybridized carbons (Fsp3) is 0.421. The number of aryl methyl sites for hydroxylation is 1. The third-order valence-electron chi connectivity index (χ3n) is 4.51. The maximum Gasteiger partial charge on any atom is 0.356 e. The van der Waals surface area contributed by atoms with Crippen molar-refractivity contribution in [2.45, 2.75) is 32.7 Å². The maximum absolute atomic E-state index is 12.6. The topological polar surface area (TPSA) is 64.4 Å². The molecule has 0 radical (unpaired) electrons. The van der Waals surface area contributed by atoms with E-state index in [1.165, 1.54) is 0 Å². The maximum atomic E-state index is 12.6. The Labute approximate surface area is 157 Å². The fourth-order valence-electron chi connectivity index (χ4n) is 3.27. The number of hydrogen-bond acceptors (Lipinski definition) is 4. The third kappa shape index (κ3) is 3.90.